The molecular weight excluding hydrogens is 180 g/mol. The molecule has 4 nitrogen and oxygen atoms in total. The SMILES string of the molecule is CC(C)CNC(=O)COC1(C)CNC1. The minimum Gasteiger partial charge on any atom is -0.363 e. The largest absolute Gasteiger partial charge is 0.363 e. The van der Waals surface area contributed by atoms with E-state index in [1.54, 1.807) is 0 Å². The lowest BCUT2D eigenvalue weighted by atomic mass is 10.0. The molecule has 0 aromatic heterocycles. The quantitative estimate of drug-likeness (QED) is 0.663. The maximum Gasteiger partial charge on any atom is 0.246 e. The van der Waals surface area contributed by atoms with Crippen LogP contribution < -0.4 is 10.6 Å². The number of rotatable bonds is 5. The molecule has 1 fully saturated rings. The zero-order valence-corrected chi connectivity index (χ0v) is 9.22. The van der Waals surface area contributed by atoms with Gasteiger partial charge in [-0.05, 0) is 12.8 Å². The third-order valence-electron chi connectivity index (χ3n) is 2.26. The molecule has 1 rings (SSSR count). The van der Waals surface area contributed by atoms with Crippen LogP contribution in [0.1, 0.15) is 20.8 Å². The highest BCUT2D eigenvalue weighted by atomic mass is 16.5. The highest BCUT2D eigenvalue weighted by molar-refractivity contribution is 5.77. The second-order valence-electron chi connectivity index (χ2n) is 4.54. The fourth-order valence-corrected chi connectivity index (χ4v) is 1.19. The summed E-state index contributed by atoms with van der Waals surface area (Å²) in [5.74, 6) is 0.465. The van der Waals surface area contributed by atoms with Gasteiger partial charge in [0, 0.05) is 19.6 Å². The molecule has 1 aliphatic heterocycles. The Balaban J connectivity index is 2.08. The summed E-state index contributed by atoms with van der Waals surface area (Å²) in [5.41, 5.74) is -0.130. The van der Waals surface area contributed by atoms with Crippen molar-refractivity contribution in [1.29, 1.82) is 0 Å². The first-order valence-electron chi connectivity index (χ1n) is 5.13. The molecule has 1 aliphatic rings. The Bertz CT molecular complexity index is 200. The number of hydrogen-bond acceptors (Lipinski definition) is 3. The van der Waals surface area contributed by atoms with Crippen LogP contribution in [0.15, 0.2) is 0 Å². The van der Waals surface area contributed by atoms with Gasteiger partial charge in [-0.3, -0.25) is 4.79 Å². The summed E-state index contributed by atoms with van der Waals surface area (Å²) >= 11 is 0. The number of hydrogen-bond donors (Lipinski definition) is 2. The summed E-state index contributed by atoms with van der Waals surface area (Å²) in [6, 6.07) is 0. The second-order valence-corrected chi connectivity index (χ2v) is 4.54. The van der Waals surface area contributed by atoms with Crippen molar-refractivity contribution in [1.82, 2.24) is 10.6 Å². The molecule has 1 amide bonds. The van der Waals surface area contributed by atoms with Crippen LogP contribution in [0.25, 0.3) is 0 Å². The van der Waals surface area contributed by atoms with Gasteiger partial charge in [-0.15, -0.1) is 0 Å². The summed E-state index contributed by atoms with van der Waals surface area (Å²) in [4.78, 5) is 11.3. The first-order chi connectivity index (χ1) is 6.52. The normalized spacial score (nSPS) is 19.1. The topological polar surface area (TPSA) is 50.4 Å². The number of carbonyl (C=O) groups is 1. The van der Waals surface area contributed by atoms with E-state index in [0.29, 0.717) is 5.92 Å². The Hall–Kier alpha value is -0.610. The van der Waals surface area contributed by atoms with Gasteiger partial charge in [0.1, 0.15) is 6.61 Å². The summed E-state index contributed by atoms with van der Waals surface area (Å²) < 4.78 is 5.48. The molecule has 0 bridgehead atoms. The molecule has 4 heteroatoms. The molecule has 14 heavy (non-hydrogen) atoms. The lowest BCUT2D eigenvalue weighted by Gasteiger charge is -2.38. The third-order valence-corrected chi connectivity index (χ3v) is 2.26. The Kier molecular flexibility index (Phi) is 3.89. The van der Waals surface area contributed by atoms with E-state index in [2.05, 4.69) is 24.5 Å². The van der Waals surface area contributed by atoms with Crippen LogP contribution in [0.3, 0.4) is 0 Å². The first kappa shape index (κ1) is 11.5. The lowest BCUT2D eigenvalue weighted by Crippen LogP contribution is -2.59. The van der Waals surface area contributed by atoms with Crippen molar-refractivity contribution in [2.24, 2.45) is 5.92 Å². The summed E-state index contributed by atoms with van der Waals surface area (Å²) in [6.07, 6.45) is 0. The van der Waals surface area contributed by atoms with Crippen LogP contribution in [0.5, 0.6) is 0 Å². The van der Waals surface area contributed by atoms with Crippen molar-refractivity contribution in [3.63, 3.8) is 0 Å². The summed E-state index contributed by atoms with van der Waals surface area (Å²) in [5, 5.41) is 5.94. The highest BCUT2D eigenvalue weighted by Crippen LogP contribution is 2.14. The van der Waals surface area contributed by atoms with Crippen LogP contribution in [0.2, 0.25) is 0 Å². The molecule has 82 valence electrons. The summed E-state index contributed by atoms with van der Waals surface area (Å²) in [6.45, 7) is 8.72. The van der Waals surface area contributed by atoms with Crippen molar-refractivity contribution in [3.8, 4) is 0 Å². The monoisotopic (exact) mass is 200 g/mol. The molecule has 1 heterocycles. The maximum absolute atomic E-state index is 11.3. The predicted octanol–water partition coefficient (Wildman–Crippen LogP) is 0.137. The molecule has 0 saturated carbocycles. The van der Waals surface area contributed by atoms with E-state index in [1.807, 2.05) is 6.92 Å². The van der Waals surface area contributed by atoms with E-state index in [4.69, 9.17) is 4.74 Å². The number of amides is 1. The standard InChI is InChI=1S/C10H20N2O2/c1-8(2)4-12-9(13)5-14-10(3)6-11-7-10/h8,11H,4-7H2,1-3H3,(H,12,13). The van der Waals surface area contributed by atoms with Crippen molar-refractivity contribution in [2.75, 3.05) is 26.2 Å². The van der Waals surface area contributed by atoms with Crippen LogP contribution in [0.4, 0.5) is 0 Å². The van der Waals surface area contributed by atoms with Crippen molar-refractivity contribution < 1.29 is 9.53 Å². The van der Waals surface area contributed by atoms with E-state index >= 15 is 0 Å². The maximum atomic E-state index is 11.3. The Labute approximate surface area is 85.4 Å². The molecule has 0 spiro atoms. The van der Waals surface area contributed by atoms with E-state index in [-0.39, 0.29) is 18.1 Å². The van der Waals surface area contributed by atoms with Crippen LogP contribution >= 0.6 is 0 Å². The average Bonchev–Trinajstić information content (AvgIpc) is 2.08. The Morgan fingerprint density at radius 1 is 1.57 bits per heavy atom. The molecule has 0 aliphatic carbocycles. The van der Waals surface area contributed by atoms with Crippen LogP contribution in [-0.4, -0.2) is 37.7 Å². The van der Waals surface area contributed by atoms with Crippen molar-refractivity contribution >= 4 is 5.91 Å². The molecule has 0 atom stereocenters. The number of ether oxygens (including phenoxy) is 1. The molecule has 0 radical (unpaired) electrons. The minimum absolute atomic E-state index is 0.0215. The Morgan fingerprint density at radius 3 is 2.64 bits per heavy atom. The minimum atomic E-state index is -0.130. The van der Waals surface area contributed by atoms with E-state index in [9.17, 15) is 4.79 Å². The summed E-state index contributed by atoms with van der Waals surface area (Å²) in [7, 11) is 0. The fourth-order valence-electron chi connectivity index (χ4n) is 1.19. The van der Waals surface area contributed by atoms with Crippen molar-refractivity contribution in [2.45, 2.75) is 26.4 Å². The third kappa shape index (κ3) is 3.64. The molecular formula is C10H20N2O2. The van der Waals surface area contributed by atoms with Gasteiger partial charge in [-0.2, -0.15) is 0 Å². The first-order valence-corrected chi connectivity index (χ1v) is 5.13. The van der Waals surface area contributed by atoms with Crippen LogP contribution in [-0.2, 0) is 9.53 Å². The van der Waals surface area contributed by atoms with Gasteiger partial charge in [0.15, 0.2) is 0 Å². The zero-order valence-electron chi connectivity index (χ0n) is 9.22. The smallest absolute Gasteiger partial charge is 0.246 e. The van der Waals surface area contributed by atoms with Gasteiger partial charge >= 0.3 is 0 Å². The van der Waals surface area contributed by atoms with Gasteiger partial charge < -0.3 is 15.4 Å². The van der Waals surface area contributed by atoms with Gasteiger partial charge in [0.05, 0.1) is 5.60 Å². The average molecular weight is 200 g/mol. The number of nitrogens with one attached hydrogen (secondary N) is 2. The second kappa shape index (κ2) is 4.75. The fraction of sp³-hybridized carbons (Fsp3) is 0.900. The van der Waals surface area contributed by atoms with Gasteiger partial charge in [-0.25, -0.2) is 0 Å². The highest BCUT2D eigenvalue weighted by Gasteiger charge is 2.32. The molecule has 1 saturated heterocycles. The van der Waals surface area contributed by atoms with Gasteiger partial charge in [-0.1, -0.05) is 13.8 Å². The van der Waals surface area contributed by atoms with Gasteiger partial charge in [0.2, 0.25) is 5.91 Å². The molecule has 2 N–H and O–H groups in total. The Morgan fingerprint density at radius 2 is 2.21 bits per heavy atom. The zero-order chi connectivity index (χ0) is 10.6. The predicted molar refractivity (Wildman–Crippen MR) is 55.1 cm³/mol. The van der Waals surface area contributed by atoms with E-state index < -0.39 is 0 Å². The van der Waals surface area contributed by atoms with E-state index in [0.717, 1.165) is 19.6 Å². The molecule has 0 aromatic rings. The molecule has 0 aromatic carbocycles. The van der Waals surface area contributed by atoms with Crippen molar-refractivity contribution in [3.05, 3.63) is 0 Å². The van der Waals surface area contributed by atoms with Gasteiger partial charge in [0.25, 0.3) is 0 Å². The number of carbonyl (C=O) groups excluding carboxylic acids is 1. The van der Waals surface area contributed by atoms with Crippen LogP contribution in [0, 0.1) is 5.92 Å². The molecule has 0 unspecified atom stereocenters. The lowest BCUT2D eigenvalue weighted by molar-refractivity contribution is -0.135. The van der Waals surface area contributed by atoms with E-state index in [1.165, 1.54) is 0 Å².